The first kappa shape index (κ1) is 9.65. The van der Waals surface area contributed by atoms with Crippen LogP contribution in [-0.4, -0.2) is 4.98 Å². The molecule has 2 N–H and O–H groups in total. The number of pyridine rings is 1. The topological polar surface area (TPSA) is 38.9 Å². The molecule has 3 heteroatoms. The van der Waals surface area contributed by atoms with Crippen molar-refractivity contribution in [2.75, 3.05) is 5.73 Å². The molecule has 0 aliphatic rings. The Hall–Kier alpha value is -1.90. The standard InChI is InChI=1S/C12H11FN2/c13-10-3-1-9(2-4-10)7-12-8-11(14)5-6-15-12/h1-6,8H,7H2,(H2,14,15). The Morgan fingerprint density at radius 3 is 2.53 bits per heavy atom. The molecule has 0 saturated carbocycles. The van der Waals surface area contributed by atoms with Gasteiger partial charge in [0.1, 0.15) is 5.82 Å². The highest BCUT2D eigenvalue weighted by atomic mass is 19.1. The third kappa shape index (κ3) is 2.53. The Balaban J connectivity index is 2.18. The highest BCUT2D eigenvalue weighted by molar-refractivity contribution is 5.38. The smallest absolute Gasteiger partial charge is 0.123 e. The summed E-state index contributed by atoms with van der Waals surface area (Å²) in [6.45, 7) is 0. The second-order valence-electron chi connectivity index (χ2n) is 3.38. The van der Waals surface area contributed by atoms with Crippen LogP contribution in [0.2, 0.25) is 0 Å². The van der Waals surface area contributed by atoms with Crippen LogP contribution in [0, 0.1) is 5.82 Å². The van der Waals surface area contributed by atoms with Gasteiger partial charge in [-0.3, -0.25) is 4.98 Å². The lowest BCUT2D eigenvalue weighted by Crippen LogP contribution is -1.94. The zero-order chi connectivity index (χ0) is 10.7. The molecule has 0 unspecified atom stereocenters. The number of benzene rings is 1. The van der Waals surface area contributed by atoms with Crippen LogP contribution in [0.1, 0.15) is 11.3 Å². The van der Waals surface area contributed by atoms with E-state index in [2.05, 4.69) is 4.98 Å². The first-order valence-corrected chi connectivity index (χ1v) is 4.69. The second kappa shape index (κ2) is 4.09. The van der Waals surface area contributed by atoms with Gasteiger partial charge in [-0.25, -0.2) is 4.39 Å². The van der Waals surface area contributed by atoms with Crippen LogP contribution in [0.25, 0.3) is 0 Å². The van der Waals surface area contributed by atoms with E-state index in [4.69, 9.17) is 5.73 Å². The molecule has 1 aromatic heterocycles. The van der Waals surface area contributed by atoms with Crippen LogP contribution in [0.4, 0.5) is 10.1 Å². The number of anilines is 1. The lowest BCUT2D eigenvalue weighted by molar-refractivity contribution is 0.627. The van der Waals surface area contributed by atoms with Gasteiger partial charge in [0.05, 0.1) is 0 Å². The van der Waals surface area contributed by atoms with Gasteiger partial charge in [-0.15, -0.1) is 0 Å². The minimum atomic E-state index is -0.223. The molecule has 1 heterocycles. The van der Waals surface area contributed by atoms with Crippen LogP contribution in [-0.2, 0) is 6.42 Å². The molecule has 2 aromatic rings. The van der Waals surface area contributed by atoms with Crippen LogP contribution in [0.15, 0.2) is 42.6 Å². The maximum absolute atomic E-state index is 12.7. The Labute approximate surface area is 87.6 Å². The van der Waals surface area contributed by atoms with Gasteiger partial charge in [-0.2, -0.15) is 0 Å². The van der Waals surface area contributed by atoms with E-state index in [0.29, 0.717) is 12.1 Å². The molecule has 76 valence electrons. The molecule has 0 amide bonds. The lowest BCUT2D eigenvalue weighted by Gasteiger charge is -2.01. The molecule has 0 radical (unpaired) electrons. The van der Waals surface area contributed by atoms with E-state index in [9.17, 15) is 4.39 Å². The third-order valence-corrected chi connectivity index (χ3v) is 2.14. The van der Waals surface area contributed by atoms with Gasteiger partial charge in [0.25, 0.3) is 0 Å². The van der Waals surface area contributed by atoms with E-state index in [-0.39, 0.29) is 5.82 Å². The average Bonchev–Trinajstić information content (AvgIpc) is 2.22. The second-order valence-corrected chi connectivity index (χ2v) is 3.38. The monoisotopic (exact) mass is 202 g/mol. The predicted octanol–water partition coefficient (Wildman–Crippen LogP) is 2.39. The third-order valence-electron chi connectivity index (χ3n) is 2.14. The highest BCUT2D eigenvalue weighted by Crippen LogP contribution is 2.10. The van der Waals surface area contributed by atoms with Crippen LogP contribution >= 0.6 is 0 Å². The van der Waals surface area contributed by atoms with Crippen LogP contribution < -0.4 is 5.73 Å². The van der Waals surface area contributed by atoms with E-state index < -0.39 is 0 Å². The molecule has 0 saturated heterocycles. The fourth-order valence-electron chi connectivity index (χ4n) is 1.40. The van der Waals surface area contributed by atoms with Gasteiger partial charge < -0.3 is 5.73 Å². The number of halogens is 1. The SMILES string of the molecule is Nc1ccnc(Cc2ccc(F)cc2)c1. The summed E-state index contributed by atoms with van der Waals surface area (Å²) in [6, 6.07) is 9.96. The molecule has 0 aliphatic carbocycles. The molecular weight excluding hydrogens is 191 g/mol. The summed E-state index contributed by atoms with van der Waals surface area (Å²) in [5, 5.41) is 0. The fraction of sp³-hybridized carbons (Fsp3) is 0.0833. The molecule has 2 rings (SSSR count). The van der Waals surface area contributed by atoms with Crippen molar-refractivity contribution in [1.82, 2.24) is 4.98 Å². The zero-order valence-electron chi connectivity index (χ0n) is 8.15. The quantitative estimate of drug-likeness (QED) is 0.812. The van der Waals surface area contributed by atoms with Crippen molar-refractivity contribution in [2.24, 2.45) is 0 Å². The maximum atomic E-state index is 12.7. The first-order valence-electron chi connectivity index (χ1n) is 4.69. The van der Waals surface area contributed by atoms with Crippen molar-refractivity contribution in [1.29, 1.82) is 0 Å². The molecule has 15 heavy (non-hydrogen) atoms. The largest absolute Gasteiger partial charge is 0.399 e. The van der Waals surface area contributed by atoms with Crippen molar-refractivity contribution in [2.45, 2.75) is 6.42 Å². The number of nitrogens with two attached hydrogens (primary N) is 1. The van der Waals surface area contributed by atoms with Gasteiger partial charge in [0, 0.05) is 24.0 Å². The number of nitrogen functional groups attached to an aromatic ring is 1. The number of nitrogens with zero attached hydrogens (tertiary/aromatic N) is 1. The summed E-state index contributed by atoms with van der Waals surface area (Å²) < 4.78 is 12.7. The van der Waals surface area contributed by atoms with Crippen molar-refractivity contribution >= 4 is 5.69 Å². The number of rotatable bonds is 2. The van der Waals surface area contributed by atoms with Gasteiger partial charge >= 0.3 is 0 Å². The Bertz CT molecular complexity index is 451. The fourth-order valence-corrected chi connectivity index (χ4v) is 1.40. The van der Waals surface area contributed by atoms with Crippen molar-refractivity contribution in [3.8, 4) is 0 Å². The van der Waals surface area contributed by atoms with E-state index in [1.165, 1.54) is 12.1 Å². The summed E-state index contributed by atoms with van der Waals surface area (Å²) in [7, 11) is 0. The summed E-state index contributed by atoms with van der Waals surface area (Å²) in [5.41, 5.74) is 8.25. The molecular formula is C12H11FN2. The van der Waals surface area contributed by atoms with Crippen molar-refractivity contribution < 1.29 is 4.39 Å². The van der Waals surface area contributed by atoms with E-state index in [1.54, 1.807) is 24.4 Å². The van der Waals surface area contributed by atoms with Crippen LogP contribution in [0.3, 0.4) is 0 Å². The number of aromatic nitrogens is 1. The Morgan fingerprint density at radius 1 is 1.13 bits per heavy atom. The average molecular weight is 202 g/mol. The Morgan fingerprint density at radius 2 is 1.87 bits per heavy atom. The van der Waals surface area contributed by atoms with E-state index in [0.717, 1.165) is 11.3 Å². The normalized spacial score (nSPS) is 10.2. The minimum Gasteiger partial charge on any atom is -0.399 e. The summed E-state index contributed by atoms with van der Waals surface area (Å²) in [4.78, 5) is 4.18. The van der Waals surface area contributed by atoms with Gasteiger partial charge in [0.15, 0.2) is 0 Å². The van der Waals surface area contributed by atoms with E-state index in [1.807, 2.05) is 6.07 Å². The number of hydrogen-bond donors (Lipinski definition) is 1. The molecule has 0 bridgehead atoms. The molecule has 1 aromatic carbocycles. The van der Waals surface area contributed by atoms with Gasteiger partial charge in [-0.05, 0) is 29.8 Å². The highest BCUT2D eigenvalue weighted by Gasteiger charge is 1.98. The minimum absolute atomic E-state index is 0.223. The molecule has 0 spiro atoms. The Kier molecular flexibility index (Phi) is 2.63. The van der Waals surface area contributed by atoms with Gasteiger partial charge in [0.2, 0.25) is 0 Å². The van der Waals surface area contributed by atoms with Crippen LogP contribution in [0.5, 0.6) is 0 Å². The number of hydrogen-bond acceptors (Lipinski definition) is 2. The van der Waals surface area contributed by atoms with Crippen molar-refractivity contribution in [3.05, 3.63) is 59.7 Å². The molecule has 0 atom stereocenters. The summed E-state index contributed by atoms with van der Waals surface area (Å²) in [6.07, 6.45) is 2.35. The first-order chi connectivity index (χ1) is 7.24. The maximum Gasteiger partial charge on any atom is 0.123 e. The molecule has 0 fully saturated rings. The van der Waals surface area contributed by atoms with Gasteiger partial charge in [-0.1, -0.05) is 12.1 Å². The predicted molar refractivity (Wildman–Crippen MR) is 57.9 cm³/mol. The van der Waals surface area contributed by atoms with Crippen molar-refractivity contribution in [3.63, 3.8) is 0 Å². The molecule has 0 aliphatic heterocycles. The van der Waals surface area contributed by atoms with E-state index >= 15 is 0 Å². The molecule has 2 nitrogen and oxygen atoms in total. The summed E-state index contributed by atoms with van der Waals surface area (Å²) >= 11 is 0. The lowest BCUT2D eigenvalue weighted by atomic mass is 10.1. The summed E-state index contributed by atoms with van der Waals surface area (Å²) in [5.74, 6) is -0.223. The zero-order valence-corrected chi connectivity index (χ0v) is 8.15.